The van der Waals surface area contributed by atoms with E-state index in [1.54, 1.807) is 221 Å². The van der Waals surface area contributed by atoms with Crippen LogP contribution in [0.2, 0.25) is 0 Å². The van der Waals surface area contributed by atoms with Crippen molar-refractivity contribution in [3.63, 3.8) is 0 Å². The minimum absolute atomic E-state index is 0.000590. The number of non-ortho nitro benzene ring substituents is 2. The first-order chi connectivity index (χ1) is 59.3. The van der Waals surface area contributed by atoms with Crippen LogP contribution in [0.4, 0.5) is 11.4 Å². The van der Waals surface area contributed by atoms with Crippen LogP contribution in [0.25, 0.3) is 0 Å². The fourth-order valence-electron chi connectivity index (χ4n) is 13.9. The number of nitro benzene ring substituents is 2. The SMILES string of the molecule is CC(C)(C)OC(=O)CN1CCN(CC(=O)OC(C)(C)C)CCN(C(Cc2ccc([N+](=O)[O-])cc2)CN(CC(=O)OC(C)(C)C)CC(=O)OC(C)(C)C)CCN(CC(=O)OC(C)(C)C)CC1.CC(C)(C)OC(=O)CN1CCN(CC(=O)OC(C)(C)C)CCN(CC(Cc2ccc([N+](=O)[O-])cc2)N(CC(=O)OC(C)(C)C)CC(=O)OC(C)(C)C)CCN(CC(=O)OC(C)(C)C)CC1. The molecule has 0 saturated carbocycles. The first-order valence-corrected chi connectivity index (χ1v) is 45.2. The molecular formula is C94H160N12O24. The van der Waals surface area contributed by atoms with Gasteiger partial charge in [-0.15, -0.1) is 0 Å². The number of carbonyl (C=O) groups is 10. The Labute approximate surface area is 773 Å². The Kier molecular flexibility index (Phi) is 45.5. The highest BCUT2D eigenvalue weighted by molar-refractivity contribution is 5.77. The average molecular weight is 1840 g/mol. The number of esters is 10. The molecule has 130 heavy (non-hydrogen) atoms. The van der Waals surface area contributed by atoms with Crippen molar-refractivity contribution in [3.05, 3.63) is 79.9 Å². The monoisotopic (exact) mass is 1840 g/mol. The van der Waals surface area contributed by atoms with Crippen LogP contribution < -0.4 is 0 Å². The minimum Gasteiger partial charge on any atom is -0.459 e. The standard InChI is InChI=1S/2C47H80N6O12/c1-43(2,3)61-38(54)30-48-20-22-49(31-39(55)62-44(4,5)6)24-26-52(27-25-50(23-21-48)32-40(56)63-45(7,8)9)37(28-35-16-18-36(19-17-35)53(59)60)29-51(33-41(57)64-46(10,11)12)34-42(58)65-47(13,14)15;1-43(2,3)61-38(54)30-49-22-20-48(21-23-50(31-39(55)62-44(4,5)6)25-27-51(26-24-49)32-40(56)63-45(7,8)9)29-37(28-35-16-18-36(19-17-35)53(59)60)52(33-41(57)64-46(10,11)12)34-42(58)65-47(13,14)15/h2*16-19,37H,20-34H2,1-15H3. The van der Waals surface area contributed by atoms with Crippen molar-refractivity contribution < 1.29 is 105 Å². The van der Waals surface area contributed by atoms with Gasteiger partial charge in [-0.05, 0) is 232 Å². The second-order valence-corrected chi connectivity index (χ2v) is 43.5. The Morgan fingerprint density at radius 1 is 0.285 bits per heavy atom. The molecule has 0 bridgehead atoms. The number of hydrogen-bond donors (Lipinski definition) is 0. The van der Waals surface area contributed by atoms with Gasteiger partial charge in [0.1, 0.15) is 56.0 Å². The molecule has 0 aliphatic carbocycles. The molecule has 0 spiro atoms. The fraction of sp³-hybridized carbons (Fsp3) is 0.766. The number of nitro groups is 2. The molecule has 2 fully saturated rings. The van der Waals surface area contributed by atoms with Crippen LogP contribution in [-0.2, 0) is 108 Å². The topological polar surface area (TPSA) is 382 Å². The van der Waals surface area contributed by atoms with Gasteiger partial charge < -0.3 is 47.4 Å². The summed E-state index contributed by atoms with van der Waals surface area (Å²) in [4.78, 5) is 176. The van der Waals surface area contributed by atoms with Gasteiger partial charge in [0.15, 0.2) is 0 Å². The molecule has 0 amide bonds. The third-order valence-corrected chi connectivity index (χ3v) is 18.7. The number of carbonyl (C=O) groups excluding carboxylic acids is 10. The first-order valence-electron chi connectivity index (χ1n) is 45.2. The lowest BCUT2D eigenvalue weighted by atomic mass is 10.0. The maximum Gasteiger partial charge on any atom is 0.320 e. The van der Waals surface area contributed by atoms with E-state index >= 15 is 0 Å². The molecule has 36 heteroatoms. The normalized spacial score (nSPS) is 16.7. The molecule has 740 valence electrons. The highest BCUT2D eigenvalue weighted by Gasteiger charge is 2.36. The molecule has 2 aromatic rings. The Hall–Kier alpha value is -8.46. The average Bonchev–Trinajstić information content (AvgIpc) is 0.852. The maximum absolute atomic E-state index is 13.6. The van der Waals surface area contributed by atoms with E-state index in [1.807, 2.05) is 50.2 Å². The predicted molar refractivity (Wildman–Crippen MR) is 494 cm³/mol. The van der Waals surface area contributed by atoms with Crippen LogP contribution in [0, 0.1) is 20.2 Å². The number of benzene rings is 2. The lowest BCUT2D eigenvalue weighted by molar-refractivity contribution is -0.385. The van der Waals surface area contributed by atoms with Crippen molar-refractivity contribution >= 4 is 71.1 Å². The molecular weight excluding hydrogens is 1680 g/mol. The zero-order valence-electron chi connectivity index (χ0n) is 84.2. The van der Waals surface area contributed by atoms with Gasteiger partial charge in [-0.3, -0.25) is 117 Å². The number of ether oxygens (including phenoxy) is 10. The summed E-state index contributed by atoms with van der Waals surface area (Å²) in [6.07, 6.45) is 0.627. The van der Waals surface area contributed by atoms with Gasteiger partial charge in [-0.2, -0.15) is 0 Å². The lowest BCUT2D eigenvalue weighted by Crippen LogP contribution is -2.54. The molecule has 2 heterocycles. The highest BCUT2D eigenvalue weighted by Crippen LogP contribution is 2.24. The fourth-order valence-corrected chi connectivity index (χ4v) is 13.9. The van der Waals surface area contributed by atoms with Gasteiger partial charge in [-0.25, -0.2) is 0 Å². The van der Waals surface area contributed by atoms with Crippen LogP contribution in [0.1, 0.15) is 219 Å². The summed E-state index contributed by atoms with van der Waals surface area (Å²) < 4.78 is 57.2. The summed E-state index contributed by atoms with van der Waals surface area (Å²) >= 11 is 0. The third-order valence-electron chi connectivity index (χ3n) is 18.7. The summed E-state index contributed by atoms with van der Waals surface area (Å²) in [7, 11) is 0. The Bertz CT molecular complexity index is 3790. The summed E-state index contributed by atoms with van der Waals surface area (Å²) in [5.41, 5.74) is -6.10. The van der Waals surface area contributed by atoms with Gasteiger partial charge in [0.05, 0.1) is 75.3 Å². The summed E-state index contributed by atoms with van der Waals surface area (Å²) in [6.45, 7) is 59.1. The van der Waals surface area contributed by atoms with Crippen molar-refractivity contribution in [1.29, 1.82) is 0 Å². The molecule has 4 rings (SSSR count). The molecule has 2 aromatic carbocycles. The van der Waals surface area contributed by atoms with Crippen LogP contribution in [0.5, 0.6) is 0 Å². The van der Waals surface area contributed by atoms with Crippen molar-refractivity contribution in [2.45, 2.75) is 289 Å². The van der Waals surface area contributed by atoms with Crippen LogP contribution >= 0.6 is 0 Å². The van der Waals surface area contributed by atoms with E-state index in [1.165, 1.54) is 24.3 Å². The highest BCUT2D eigenvalue weighted by atomic mass is 16.6. The second-order valence-electron chi connectivity index (χ2n) is 43.5. The smallest absolute Gasteiger partial charge is 0.320 e. The summed E-state index contributed by atoms with van der Waals surface area (Å²) in [5, 5.41) is 23.2. The van der Waals surface area contributed by atoms with E-state index in [0.717, 1.165) is 11.1 Å². The third kappa shape index (κ3) is 55.8. The molecule has 0 N–H and O–H groups in total. The molecule has 36 nitrogen and oxygen atoms in total. The first kappa shape index (κ1) is 116. The molecule has 2 aliphatic heterocycles. The summed E-state index contributed by atoms with van der Waals surface area (Å²) in [6, 6.07) is 11.4. The van der Waals surface area contributed by atoms with E-state index in [4.69, 9.17) is 47.4 Å². The lowest BCUT2D eigenvalue weighted by Gasteiger charge is -2.39. The van der Waals surface area contributed by atoms with Crippen LogP contribution in [0.15, 0.2) is 48.5 Å². The van der Waals surface area contributed by atoms with Crippen molar-refractivity contribution in [2.75, 3.05) is 183 Å². The van der Waals surface area contributed by atoms with Crippen molar-refractivity contribution in [1.82, 2.24) is 49.0 Å². The van der Waals surface area contributed by atoms with Crippen molar-refractivity contribution in [3.8, 4) is 0 Å². The van der Waals surface area contributed by atoms with Gasteiger partial charge in [0, 0.05) is 154 Å². The quantitative estimate of drug-likeness (QED) is 0.0284. The molecule has 0 radical (unpaired) electrons. The number of nitrogens with zero attached hydrogens (tertiary/aromatic N) is 12. The zero-order valence-corrected chi connectivity index (χ0v) is 84.2. The van der Waals surface area contributed by atoms with Gasteiger partial charge in [-0.1, -0.05) is 24.3 Å². The molecule has 2 unspecified atom stereocenters. The van der Waals surface area contributed by atoms with Gasteiger partial charge in [0.2, 0.25) is 0 Å². The molecule has 0 aromatic heterocycles. The van der Waals surface area contributed by atoms with Crippen LogP contribution in [-0.4, -0.2) is 370 Å². The largest absolute Gasteiger partial charge is 0.459 e. The van der Waals surface area contributed by atoms with E-state index in [0.29, 0.717) is 111 Å². The van der Waals surface area contributed by atoms with E-state index in [2.05, 4.69) is 9.80 Å². The summed E-state index contributed by atoms with van der Waals surface area (Å²) in [5.74, 6) is -4.61. The second kappa shape index (κ2) is 51.1. The van der Waals surface area contributed by atoms with E-state index in [-0.39, 0.29) is 96.3 Å². The predicted octanol–water partition coefficient (Wildman–Crippen LogP) is 9.48. The van der Waals surface area contributed by atoms with Gasteiger partial charge >= 0.3 is 59.7 Å². The Morgan fingerprint density at radius 3 is 0.692 bits per heavy atom. The van der Waals surface area contributed by atoms with Crippen LogP contribution in [0.3, 0.4) is 0 Å². The maximum atomic E-state index is 13.6. The van der Waals surface area contributed by atoms with Gasteiger partial charge in [0.25, 0.3) is 11.4 Å². The zero-order chi connectivity index (χ0) is 99.1. The minimum atomic E-state index is -0.808. The number of hydrogen-bond acceptors (Lipinski definition) is 34. The Morgan fingerprint density at radius 2 is 0.477 bits per heavy atom. The van der Waals surface area contributed by atoms with Crippen molar-refractivity contribution in [2.24, 2.45) is 0 Å². The molecule has 2 saturated heterocycles. The molecule has 2 atom stereocenters. The van der Waals surface area contributed by atoms with E-state index < -0.39 is 138 Å². The molecule has 2 aliphatic rings. The van der Waals surface area contributed by atoms with E-state index in [9.17, 15) is 68.2 Å². The Balaban J connectivity index is 0.000000670. The number of rotatable bonds is 32.